The van der Waals surface area contributed by atoms with Crippen LogP contribution in [-0.2, 0) is 0 Å². The lowest BCUT2D eigenvalue weighted by Gasteiger charge is -2.10. The number of nitrogens with one attached hydrogen (secondary N) is 1. The van der Waals surface area contributed by atoms with Crippen molar-refractivity contribution in [3.8, 4) is 17.7 Å². The van der Waals surface area contributed by atoms with Crippen LogP contribution >= 0.6 is 22.6 Å². The van der Waals surface area contributed by atoms with Crippen LogP contribution in [0.1, 0.15) is 11.1 Å². The number of nitriles is 1. The molecule has 3 aromatic rings. The third-order valence-electron chi connectivity index (χ3n) is 3.37. The summed E-state index contributed by atoms with van der Waals surface area (Å²) in [6.45, 7) is 2.05. The second kappa shape index (κ2) is 7.36. The molecular weight excluding hydrogens is 429 g/mol. The smallest absolute Gasteiger partial charge is 0.226 e. The van der Waals surface area contributed by atoms with Gasteiger partial charge in [0.15, 0.2) is 0 Å². The van der Waals surface area contributed by atoms with Gasteiger partial charge in [0.2, 0.25) is 11.8 Å². The summed E-state index contributed by atoms with van der Waals surface area (Å²) in [6.07, 6.45) is 0. The summed E-state index contributed by atoms with van der Waals surface area (Å²) >= 11 is 2.28. The molecule has 1 aromatic heterocycles. The van der Waals surface area contributed by atoms with Crippen molar-refractivity contribution in [1.29, 1.82) is 5.26 Å². The Morgan fingerprint density at radius 1 is 1.12 bits per heavy atom. The molecule has 2 aromatic carbocycles. The summed E-state index contributed by atoms with van der Waals surface area (Å²) in [5.41, 5.74) is 8.45. The zero-order chi connectivity index (χ0) is 17.8. The number of nitrogens with zero attached hydrogens (tertiary/aromatic N) is 3. The van der Waals surface area contributed by atoms with E-state index in [0.29, 0.717) is 23.0 Å². The minimum atomic E-state index is 0.107. The molecule has 0 radical (unpaired) electrons. The van der Waals surface area contributed by atoms with Gasteiger partial charge in [0.1, 0.15) is 11.6 Å². The first kappa shape index (κ1) is 17.0. The summed E-state index contributed by atoms with van der Waals surface area (Å²) in [5, 5.41) is 12.0. The van der Waals surface area contributed by atoms with E-state index in [1.54, 1.807) is 30.3 Å². The third-order valence-corrected chi connectivity index (χ3v) is 4.53. The average molecular weight is 443 g/mol. The molecule has 0 saturated heterocycles. The van der Waals surface area contributed by atoms with Crippen LogP contribution in [0, 0.1) is 21.8 Å². The fraction of sp³-hybridized carbons (Fsp3) is 0.0556. The minimum absolute atomic E-state index is 0.107. The summed E-state index contributed by atoms with van der Waals surface area (Å²) in [7, 11) is 0. The standard InChI is InChI=1S/C18H14IN5O/c1-11-2-5-13(8-15(11)19)22-16-9-17(24-18(21)23-16)25-14-6-3-12(10-20)4-7-14/h2-9H,1H3,(H3,21,22,23,24). The molecule has 0 aliphatic carbocycles. The summed E-state index contributed by atoms with van der Waals surface area (Å²) in [4.78, 5) is 8.26. The fourth-order valence-electron chi connectivity index (χ4n) is 2.10. The lowest BCUT2D eigenvalue weighted by molar-refractivity contribution is 0.463. The van der Waals surface area contributed by atoms with Gasteiger partial charge in [0.25, 0.3) is 0 Å². The first-order valence-corrected chi connectivity index (χ1v) is 8.47. The van der Waals surface area contributed by atoms with E-state index in [0.717, 1.165) is 9.26 Å². The minimum Gasteiger partial charge on any atom is -0.439 e. The van der Waals surface area contributed by atoms with Gasteiger partial charge in [0, 0.05) is 15.3 Å². The molecule has 6 nitrogen and oxygen atoms in total. The number of halogens is 1. The van der Waals surface area contributed by atoms with Crippen LogP contribution in [0.2, 0.25) is 0 Å². The number of hydrogen-bond donors (Lipinski definition) is 2. The van der Waals surface area contributed by atoms with Crippen LogP contribution in [0.4, 0.5) is 17.5 Å². The Kier molecular flexibility index (Phi) is 5.00. The van der Waals surface area contributed by atoms with Crippen LogP contribution in [0.3, 0.4) is 0 Å². The van der Waals surface area contributed by atoms with E-state index in [9.17, 15) is 0 Å². The average Bonchev–Trinajstić information content (AvgIpc) is 2.58. The highest BCUT2D eigenvalue weighted by molar-refractivity contribution is 14.1. The Bertz CT molecular complexity index is 951. The molecule has 0 aliphatic heterocycles. The topological polar surface area (TPSA) is 96.8 Å². The second-order valence-corrected chi connectivity index (χ2v) is 6.44. The van der Waals surface area contributed by atoms with Gasteiger partial charge in [0.05, 0.1) is 11.6 Å². The monoisotopic (exact) mass is 443 g/mol. The maximum Gasteiger partial charge on any atom is 0.226 e. The molecule has 25 heavy (non-hydrogen) atoms. The highest BCUT2D eigenvalue weighted by Crippen LogP contribution is 2.25. The number of benzene rings is 2. The van der Waals surface area contributed by atoms with Gasteiger partial charge in [-0.25, -0.2) is 0 Å². The van der Waals surface area contributed by atoms with Crippen LogP contribution in [-0.4, -0.2) is 9.97 Å². The molecular formula is C18H14IN5O. The van der Waals surface area contributed by atoms with Crippen molar-refractivity contribution >= 4 is 40.0 Å². The van der Waals surface area contributed by atoms with E-state index < -0.39 is 0 Å². The summed E-state index contributed by atoms with van der Waals surface area (Å²) in [5.74, 6) is 1.53. The van der Waals surface area contributed by atoms with Gasteiger partial charge in [-0.3, -0.25) is 0 Å². The Morgan fingerprint density at radius 3 is 2.56 bits per heavy atom. The van der Waals surface area contributed by atoms with Gasteiger partial charge in [-0.15, -0.1) is 0 Å². The van der Waals surface area contributed by atoms with E-state index in [-0.39, 0.29) is 5.95 Å². The molecule has 0 unspecified atom stereocenters. The molecule has 1 heterocycles. The molecule has 0 fully saturated rings. The third kappa shape index (κ3) is 4.36. The predicted molar refractivity (Wildman–Crippen MR) is 105 cm³/mol. The lowest BCUT2D eigenvalue weighted by atomic mass is 10.2. The van der Waals surface area contributed by atoms with Crippen molar-refractivity contribution in [3.05, 3.63) is 63.2 Å². The second-order valence-electron chi connectivity index (χ2n) is 5.28. The largest absolute Gasteiger partial charge is 0.439 e. The van der Waals surface area contributed by atoms with Crippen molar-refractivity contribution in [2.24, 2.45) is 0 Å². The van der Waals surface area contributed by atoms with Gasteiger partial charge < -0.3 is 15.8 Å². The number of nitrogen functional groups attached to an aromatic ring is 1. The van der Waals surface area contributed by atoms with E-state index >= 15 is 0 Å². The maximum atomic E-state index is 8.83. The van der Waals surface area contributed by atoms with Gasteiger partial charge in [-0.05, 0) is 71.5 Å². The number of nitrogens with two attached hydrogens (primary N) is 1. The predicted octanol–water partition coefficient (Wildman–Crippen LogP) is 4.38. The SMILES string of the molecule is Cc1ccc(Nc2cc(Oc3ccc(C#N)cc3)nc(N)n2)cc1I. The van der Waals surface area contributed by atoms with E-state index in [1.807, 2.05) is 18.2 Å². The molecule has 0 saturated carbocycles. The molecule has 3 rings (SSSR count). The van der Waals surface area contributed by atoms with E-state index in [2.05, 4.69) is 50.9 Å². The first-order chi connectivity index (χ1) is 12.0. The molecule has 0 spiro atoms. The summed E-state index contributed by atoms with van der Waals surface area (Å²) in [6, 6.07) is 16.5. The Labute approximate surface area is 158 Å². The number of anilines is 3. The Hall–Kier alpha value is -2.86. The van der Waals surface area contributed by atoms with Crippen LogP contribution in [0.5, 0.6) is 11.6 Å². The van der Waals surface area contributed by atoms with Crippen molar-refractivity contribution < 1.29 is 4.74 Å². The fourth-order valence-corrected chi connectivity index (χ4v) is 2.61. The molecule has 3 N–H and O–H groups in total. The molecule has 0 amide bonds. The maximum absolute atomic E-state index is 8.83. The van der Waals surface area contributed by atoms with Crippen molar-refractivity contribution in [1.82, 2.24) is 9.97 Å². The number of rotatable bonds is 4. The zero-order valence-electron chi connectivity index (χ0n) is 13.3. The molecule has 0 aliphatic rings. The van der Waals surface area contributed by atoms with Crippen LogP contribution < -0.4 is 15.8 Å². The summed E-state index contributed by atoms with van der Waals surface area (Å²) < 4.78 is 6.85. The van der Waals surface area contributed by atoms with Gasteiger partial charge in [-0.2, -0.15) is 15.2 Å². The van der Waals surface area contributed by atoms with Crippen molar-refractivity contribution in [2.75, 3.05) is 11.1 Å². The quantitative estimate of drug-likeness (QED) is 0.581. The Morgan fingerprint density at radius 2 is 1.88 bits per heavy atom. The highest BCUT2D eigenvalue weighted by Gasteiger charge is 2.06. The number of ether oxygens (including phenoxy) is 1. The number of hydrogen-bond acceptors (Lipinski definition) is 6. The van der Waals surface area contributed by atoms with Crippen LogP contribution in [0.25, 0.3) is 0 Å². The molecule has 124 valence electrons. The van der Waals surface area contributed by atoms with Crippen molar-refractivity contribution in [3.63, 3.8) is 0 Å². The van der Waals surface area contributed by atoms with Crippen LogP contribution in [0.15, 0.2) is 48.5 Å². The van der Waals surface area contributed by atoms with Gasteiger partial charge >= 0.3 is 0 Å². The van der Waals surface area contributed by atoms with Gasteiger partial charge in [-0.1, -0.05) is 6.07 Å². The number of aryl methyl sites for hydroxylation is 1. The molecule has 0 atom stereocenters. The normalized spacial score (nSPS) is 10.1. The Balaban J connectivity index is 1.82. The number of aromatic nitrogens is 2. The lowest BCUT2D eigenvalue weighted by Crippen LogP contribution is -2.02. The zero-order valence-corrected chi connectivity index (χ0v) is 15.5. The first-order valence-electron chi connectivity index (χ1n) is 7.39. The van der Waals surface area contributed by atoms with E-state index in [1.165, 1.54) is 5.56 Å². The van der Waals surface area contributed by atoms with E-state index in [4.69, 9.17) is 15.7 Å². The highest BCUT2D eigenvalue weighted by atomic mass is 127. The molecule has 7 heteroatoms. The molecule has 0 bridgehead atoms. The van der Waals surface area contributed by atoms with Crippen molar-refractivity contribution in [2.45, 2.75) is 6.92 Å².